The lowest BCUT2D eigenvalue weighted by atomic mass is 9.52. The van der Waals surface area contributed by atoms with Gasteiger partial charge in [-0.3, -0.25) is 0 Å². The summed E-state index contributed by atoms with van der Waals surface area (Å²) in [5.41, 5.74) is 4.51. The maximum absolute atomic E-state index is 2.65. The smallest absolute Gasteiger partial charge is 0.00952 e. The molecule has 0 bridgehead atoms. The van der Waals surface area contributed by atoms with Crippen LogP contribution in [0.5, 0.6) is 0 Å². The van der Waals surface area contributed by atoms with Crippen LogP contribution in [0.15, 0.2) is 35.5 Å². The van der Waals surface area contributed by atoms with Crippen molar-refractivity contribution in [2.75, 3.05) is 0 Å². The van der Waals surface area contributed by atoms with Crippen LogP contribution in [0.1, 0.15) is 58.8 Å². The first-order valence-corrected chi connectivity index (χ1v) is 8.21. The van der Waals surface area contributed by atoms with Crippen LogP contribution in [0.4, 0.5) is 0 Å². The summed E-state index contributed by atoms with van der Waals surface area (Å²) < 4.78 is 0. The van der Waals surface area contributed by atoms with Crippen molar-refractivity contribution in [1.82, 2.24) is 0 Å². The molecule has 0 aromatic rings. The van der Waals surface area contributed by atoms with Crippen LogP contribution in [-0.4, -0.2) is 0 Å². The highest BCUT2D eigenvalue weighted by molar-refractivity contribution is 5.39. The third-order valence-corrected chi connectivity index (χ3v) is 6.72. The molecule has 1 saturated carbocycles. The Labute approximate surface area is 117 Å². The van der Waals surface area contributed by atoms with Gasteiger partial charge in [-0.2, -0.15) is 0 Å². The second-order valence-corrected chi connectivity index (χ2v) is 7.71. The fraction of sp³-hybridized carbons (Fsp3) is 0.684. The molecular weight excluding hydrogens is 228 g/mol. The zero-order chi connectivity index (χ0) is 13.1. The second kappa shape index (κ2) is 3.87. The van der Waals surface area contributed by atoms with Gasteiger partial charge in [0.1, 0.15) is 0 Å². The average Bonchev–Trinajstić information content (AvgIpc) is 2.79. The zero-order valence-electron chi connectivity index (χ0n) is 12.4. The fourth-order valence-electron chi connectivity index (χ4n) is 5.55. The molecule has 4 atom stereocenters. The SMILES string of the molecule is C[C@]12CCCC=C1CC[C@@H]1C2=CC[C@]2(C)C=CC[C@@H]12. The van der Waals surface area contributed by atoms with Gasteiger partial charge < -0.3 is 0 Å². The van der Waals surface area contributed by atoms with E-state index in [1.54, 1.807) is 5.57 Å². The molecule has 0 amide bonds. The molecule has 0 aromatic heterocycles. The lowest BCUT2D eigenvalue weighted by Gasteiger charge is -2.52. The highest BCUT2D eigenvalue weighted by atomic mass is 14.5. The van der Waals surface area contributed by atoms with Crippen molar-refractivity contribution in [1.29, 1.82) is 0 Å². The van der Waals surface area contributed by atoms with E-state index in [9.17, 15) is 0 Å². The fourth-order valence-corrected chi connectivity index (χ4v) is 5.55. The van der Waals surface area contributed by atoms with E-state index >= 15 is 0 Å². The monoisotopic (exact) mass is 254 g/mol. The molecule has 4 rings (SSSR count). The second-order valence-electron chi connectivity index (χ2n) is 7.71. The molecule has 0 spiro atoms. The Bertz CT molecular complexity index is 492. The van der Waals surface area contributed by atoms with E-state index in [-0.39, 0.29) is 0 Å². The summed E-state index contributed by atoms with van der Waals surface area (Å²) in [7, 11) is 0. The van der Waals surface area contributed by atoms with Gasteiger partial charge in [0.25, 0.3) is 0 Å². The molecule has 1 fully saturated rings. The van der Waals surface area contributed by atoms with Crippen LogP contribution < -0.4 is 0 Å². The maximum atomic E-state index is 2.65. The number of allylic oxidation sites excluding steroid dienone is 6. The molecule has 4 aliphatic rings. The molecule has 0 nitrogen and oxygen atoms in total. The van der Waals surface area contributed by atoms with E-state index in [1.807, 2.05) is 5.57 Å². The lowest BCUT2D eigenvalue weighted by Crippen LogP contribution is -2.42. The van der Waals surface area contributed by atoms with E-state index in [2.05, 4.69) is 38.2 Å². The third kappa shape index (κ3) is 1.52. The molecule has 0 saturated heterocycles. The molecule has 102 valence electrons. The molecule has 4 aliphatic carbocycles. The van der Waals surface area contributed by atoms with Crippen molar-refractivity contribution in [3.05, 3.63) is 35.5 Å². The average molecular weight is 254 g/mol. The topological polar surface area (TPSA) is 0 Å². The quantitative estimate of drug-likeness (QED) is 0.506. The Morgan fingerprint density at radius 1 is 1.21 bits per heavy atom. The summed E-state index contributed by atoms with van der Waals surface area (Å²) in [5, 5.41) is 0. The van der Waals surface area contributed by atoms with E-state index in [4.69, 9.17) is 0 Å². The first-order valence-electron chi connectivity index (χ1n) is 8.21. The number of rotatable bonds is 0. The van der Waals surface area contributed by atoms with Crippen LogP contribution >= 0.6 is 0 Å². The zero-order valence-corrected chi connectivity index (χ0v) is 12.4. The Kier molecular flexibility index (Phi) is 2.44. The number of fused-ring (bicyclic) bond motifs is 5. The largest absolute Gasteiger partial charge is 0.0876 e. The van der Waals surface area contributed by atoms with Gasteiger partial charge >= 0.3 is 0 Å². The van der Waals surface area contributed by atoms with E-state index in [0.717, 1.165) is 11.8 Å². The number of hydrogen-bond donors (Lipinski definition) is 0. The first kappa shape index (κ1) is 12.0. The summed E-state index contributed by atoms with van der Waals surface area (Å²) in [5.74, 6) is 1.77. The predicted octanol–water partition coefficient (Wildman–Crippen LogP) is 5.43. The van der Waals surface area contributed by atoms with Crippen molar-refractivity contribution in [2.45, 2.75) is 58.8 Å². The van der Waals surface area contributed by atoms with Crippen LogP contribution in [0.25, 0.3) is 0 Å². The highest BCUT2D eigenvalue weighted by Crippen LogP contribution is 2.61. The van der Waals surface area contributed by atoms with Crippen molar-refractivity contribution in [2.24, 2.45) is 22.7 Å². The molecule has 0 heterocycles. The number of hydrogen-bond acceptors (Lipinski definition) is 0. The Morgan fingerprint density at radius 3 is 3.00 bits per heavy atom. The first-order chi connectivity index (χ1) is 9.13. The van der Waals surface area contributed by atoms with Gasteiger partial charge in [0, 0.05) is 5.41 Å². The van der Waals surface area contributed by atoms with E-state index in [0.29, 0.717) is 10.8 Å². The van der Waals surface area contributed by atoms with E-state index < -0.39 is 0 Å². The molecule has 0 heteroatoms. The van der Waals surface area contributed by atoms with Crippen molar-refractivity contribution < 1.29 is 0 Å². The van der Waals surface area contributed by atoms with Crippen molar-refractivity contribution in [3.63, 3.8) is 0 Å². The van der Waals surface area contributed by atoms with Gasteiger partial charge in [-0.05, 0) is 62.2 Å². The molecule has 0 aliphatic heterocycles. The standard InChI is InChI=1S/C19H26/c1-18-11-5-7-16(18)15-9-8-14-6-3-4-12-19(14,2)17(15)10-13-18/h5-6,10-11,15-16H,3-4,7-9,12-13H2,1-2H3/t15-,16-,18-,19-/m0/s1. The van der Waals surface area contributed by atoms with Crippen LogP contribution in [0.2, 0.25) is 0 Å². The molecule has 0 radical (unpaired) electrons. The van der Waals surface area contributed by atoms with Crippen LogP contribution in [0.3, 0.4) is 0 Å². The maximum Gasteiger partial charge on any atom is 0.00952 e. The molecule has 19 heavy (non-hydrogen) atoms. The molecule has 0 unspecified atom stereocenters. The minimum atomic E-state index is 0.436. The summed E-state index contributed by atoms with van der Waals surface area (Å²) >= 11 is 0. The van der Waals surface area contributed by atoms with E-state index in [1.165, 1.54) is 44.9 Å². The molecular formula is C19H26. The van der Waals surface area contributed by atoms with Crippen molar-refractivity contribution in [3.8, 4) is 0 Å². The lowest BCUT2D eigenvalue weighted by molar-refractivity contribution is 0.143. The minimum Gasteiger partial charge on any atom is -0.0876 e. The van der Waals surface area contributed by atoms with Gasteiger partial charge in [0.05, 0.1) is 0 Å². The van der Waals surface area contributed by atoms with Gasteiger partial charge in [0.2, 0.25) is 0 Å². The highest BCUT2D eigenvalue weighted by Gasteiger charge is 2.50. The Balaban J connectivity index is 1.77. The summed E-state index contributed by atoms with van der Waals surface area (Å²) in [6.45, 7) is 5.03. The minimum absolute atomic E-state index is 0.436. The van der Waals surface area contributed by atoms with Gasteiger partial charge in [-0.25, -0.2) is 0 Å². The predicted molar refractivity (Wildman–Crippen MR) is 80.8 cm³/mol. The van der Waals surface area contributed by atoms with Crippen LogP contribution in [-0.2, 0) is 0 Å². The summed E-state index contributed by atoms with van der Waals surface area (Å²) in [4.78, 5) is 0. The van der Waals surface area contributed by atoms with Gasteiger partial charge in [0.15, 0.2) is 0 Å². The Morgan fingerprint density at radius 2 is 2.11 bits per heavy atom. The van der Waals surface area contributed by atoms with Crippen molar-refractivity contribution >= 4 is 0 Å². The summed E-state index contributed by atoms with van der Waals surface area (Å²) in [6.07, 6.45) is 19.7. The third-order valence-electron chi connectivity index (χ3n) is 6.72. The Hall–Kier alpha value is -0.780. The summed E-state index contributed by atoms with van der Waals surface area (Å²) in [6, 6.07) is 0. The van der Waals surface area contributed by atoms with Gasteiger partial charge in [-0.1, -0.05) is 49.3 Å². The van der Waals surface area contributed by atoms with Crippen LogP contribution in [0, 0.1) is 22.7 Å². The normalized spacial score (nSPS) is 47.9. The molecule has 0 N–H and O–H groups in total. The van der Waals surface area contributed by atoms with Gasteiger partial charge in [-0.15, -0.1) is 0 Å². The molecule has 0 aromatic carbocycles.